The summed E-state index contributed by atoms with van der Waals surface area (Å²) in [6, 6.07) is 2.05. The minimum absolute atomic E-state index is 0.0436. The Hall–Kier alpha value is -0.610. The number of amides is 1. The van der Waals surface area contributed by atoms with Crippen molar-refractivity contribution in [3.8, 4) is 0 Å². The Kier molecular flexibility index (Phi) is 4.85. The highest BCUT2D eigenvalue weighted by molar-refractivity contribution is 9.10. The smallest absolute Gasteiger partial charge is 0.257 e. The highest BCUT2D eigenvalue weighted by atomic mass is 79.9. The standard InChI is InChI=1S/C14H18BrClN2O/c1-9-4-3-5-11(6-9)18(2)14(19)12-7-10(15)8-17-13(12)16/h7-9,11H,3-6H2,1-2H3. The molecule has 0 N–H and O–H groups in total. The Morgan fingerprint density at radius 3 is 2.95 bits per heavy atom. The van der Waals surface area contributed by atoms with Crippen LogP contribution in [-0.2, 0) is 0 Å². The van der Waals surface area contributed by atoms with Gasteiger partial charge in [-0.15, -0.1) is 0 Å². The number of hydrogen-bond donors (Lipinski definition) is 0. The summed E-state index contributed by atoms with van der Waals surface area (Å²) in [6.07, 6.45) is 6.19. The fourth-order valence-corrected chi connectivity index (χ4v) is 3.20. The van der Waals surface area contributed by atoms with Crippen LogP contribution in [0.25, 0.3) is 0 Å². The van der Waals surface area contributed by atoms with Crippen molar-refractivity contribution >= 4 is 33.4 Å². The van der Waals surface area contributed by atoms with E-state index in [1.165, 1.54) is 12.8 Å². The van der Waals surface area contributed by atoms with E-state index in [0.29, 0.717) is 17.5 Å². The minimum Gasteiger partial charge on any atom is -0.339 e. The van der Waals surface area contributed by atoms with E-state index in [-0.39, 0.29) is 11.1 Å². The summed E-state index contributed by atoms with van der Waals surface area (Å²) in [5.41, 5.74) is 0.469. The van der Waals surface area contributed by atoms with Gasteiger partial charge in [-0.2, -0.15) is 0 Å². The Morgan fingerprint density at radius 2 is 2.26 bits per heavy atom. The summed E-state index contributed by atoms with van der Waals surface area (Å²) in [5, 5.41) is 0.268. The van der Waals surface area contributed by atoms with Gasteiger partial charge in [-0.1, -0.05) is 31.4 Å². The summed E-state index contributed by atoms with van der Waals surface area (Å²) < 4.78 is 0.769. The van der Waals surface area contributed by atoms with E-state index in [1.54, 1.807) is 12.3 Å². The summed E-state index contributed by atoms with van der Waals surface area (Å²) in [6.45, 7) is 2.25. The molecule has 104 valence electrons. The lowest BCUT2D eigenvalue weighted by Gasteiger charge is -2.34. The maximum absolute atomic E-state index is 12.5. The first-order valence-electron chi connectivity index (χ1n) is 6.57. The van der Waals surface area contributed by atoms with Crippen molar-refractivity contribution in [1.82, 2.24) is 9.88 Å². The molecule has 2 rings (SSSR count). The first-order chi connectivity index (χ1) is 8.99. The van der Waals surface area contributed by atoms with Crippen LogP contribution < -0.4 is 0 Å². The zero-order chi connectivity index (χ0) is 14.0. The zero-order valence-corrected chi connectivity index (χ0v) is 13.5. The Balaban J connectivity index is 2.16. The van der Waals surface area contributed by atoms with Crippen LogP contribution in [0, 0.1) is 5.92 Å². The third-order valence-electron chi connectivity index (χ3n) is 3.81. The second kappa shape index (κ2) is 6.23. The molecule has 3 nitrogen and oxygen atoms in total. The van der Waals surface area contributed by atoms with Gasteiger partial charge in [0.2, 0.25) is 0 Å². The van der Waals surface area contributed by atoms with Crippen LogP contribution in [0.15, 0.2) is 16.7 Å². The van der Waals surface area contributed by atoms with Crippen molar-refractivity contribution < 1.29 is 4.79 Å². The maximum atomic E-state index is 12.5. The van der Waals surface area contributed by atoms with E-state index in [2.05, 4.69) is 27.8 Å². The monoisotopic (exact) mass is 344 g/mol. The summed E-state index contributed by atoms with van der Waals surface area (Å²) >= 11 is 9.35. The van der Waals surface area contributed by atoms with Crippen LogP contribution in [0.3, 0.4) is 0 Å². The lowest BCUT2D eigenvalue weighted by atomic mass is 9.86. The van der Waals surface area contributed by atoms with Gasteiger partial charge in [0.15, 0.2) is 0 Å². The zero-order valence-electron chi connectivity index (χ0n) is 11.2. The van der Waals surface area contributed by atoms with E-state index >= 15 is 0 Å². The van der Waals surface area contributed by atoms with Crippen molar-refractivity contribution in [3.05, 3.63) is 27.5 Å². The summed E-state index contributed by atoms with van der Waals surface area (Å²) in [7, 11) is 1.86. The first kappa shape index (κ1) is 14.8. The van der Waals surface area contributed by atoms with E-state index in [0.717, 1.165) is 17.3 Å². The number of halogens is 2. The molecule has 1 amide bonds. The molecule has 5 heteroatoms. The van der Waals surface area contributed by atoms with Crippen LogP contribution >= 0.6 is 27.5 Å². The van der Waals surface area contributed by atoms with Crippen LogP contribution in [0.5, 0.6) is 0 Å². The topological polar surface area (TPSA) is 33.2 Å². The largest absolute Gasteiger partial charge is 0.339 e. The van der Waals surface area contributed by atoms with Crippen LogP contribution in [0.4, 0.5) is 0 Å². The lowest BCUT2D eigenvalue weighted by Crippen LogP contribution is -2.40. The van der Waals surface area contributed by atoms with Crippen LogP contribution in [0.2, 0.25) is 5.15 Å². The Labute approximate surface area is 127 Å². The molecule has 0 spiro atoms. The van der Waals surface area contributed by atoms with Gasteiger partial charge in [-0.3, -0.25) is 4.79 Å². The fourth-order valence-electron chi connectivity index (χ4n) is 2.68. The molecule has 1 saturated carbocycles. The molecule has 2 atom stereocenters. The average Bonchev–Trinajstić information content (AvgIpc) is 2.40. The third kappa shape index (κ3) is 3.48. The highest BCUT2D eigenvalue weighted by Crippen LogP contribution is 2.28. The molecule has 1 aliphatic rings. The molecule has 1 aliphatic carbocycles. The van der Waals surface area contributed by atoms with E-state index in [9.17, 15) is 4.79 Å². The van der Waals surface area contributed by atoms with Gasteiger partial charge in [0, 0.05) is 23.8 Å². The van der Waals surface area contributed by atoms with Crippen molar-refractivity contribution in [1.29, 1.82) is 0 Å². The molecule has 0 saturated heterocycles. The molecule has 1 aromatic heterocycles. The van der Waals surface area contributed by atoms with Gasteiger partial charge >= 0.3 is 0 Å². The molecule has 2 unspecified atom stereocenters. The minimum atomic E-state index is -0.0436. The molecular weight excluding hydrogens is 328 g/mol. The van der Waals surface area contributed by atoms with Crippen LogP contribution in [0.1, 0.15) is 43.0 Å². The number of carbonyl (C=O) groups is 1. The van der Waals surface area contributed by atoms with E-state index < -0.39 is 0 Å². The number of aromatic nitrogens is 1. The normalized spacial score (nSPS) is 23.2. The van der Waals surface area contributed by atoms with Gasteiger partial charge in [-0.05, 0) is 40.8 Å². The predicted octanol–water partition coefficient (Wildman–Crippen LogP) is 4.15. The number of carbonyl (C=O) groups excluding carboxylic acids is 1. The summed E-state index contributed by atoms with van der Waals surface area (Å²) in [4.78, 5) is 18.3. The first-order valence-corrected chi connectivity index (χ1v) is 7.74. The Morgan fingerprint density at radius 1 is 1.53 bits per heavy atom. The van der Waals surface area contributed by atoms with Crippen molar-refractivity contribution in [2.45, 2.75) is 38.6 Å². The second-order valence-electron chi connectivity index (χ2n) is 5.33. The van der Waals surface area contributed by atoms with Gasteiger partial charge in [0.1, 0.15) is 5.15 Å². The third-order valence-corrected chi connectivity index (χ3v) is 4.55. The SMILES string of the molecule is CC1CCCC(N(C)C(=O)c2cc(Br)cnc2Cl)C1. The summed E-state index contributed by atoms with van der Waals surface area (Å²) in [5.74, 6) is 0.642. The van der Waals surface area contributed by atoms with Crippen LogP contribution in [-0.4, -0.2) is 28.9 Å². The van der Waals surface area contributed by atoms with E-state index in [1.807, 2.05) is 11.9 Å². The molecule has 0 aromatic carbocycles. The maximum Gasteiger partial charge on any atom is 0.257 e. The molecule has 1 fully saturated rings. The van der Waals surface area contributed by atoms with E-state index in [4.69, 9.17) is 11.6 Å². The van der Waals surface area contributed by atoms with Gasteiger partial charge < -0.3 is 4.90 Å². The quantitative estimate of drug-likeness (QED) is 0.754. The fraction of sp³-hybridized carbons (Fsp3) is 0.571. The number of nitrogens with zero attached hydrogens (tertiary/aromatic N) is 2. The van der Waals surface area contributed by atoms with Gasteiger partial charge in [0.05, 0.1) is 5.56 Å². The molecule has 1 aromatic rings. The Bertz CT molecular complexity index is 481. The van der Waals surface area contributed by atoms with Gasteiger partial charge in [0.25, 0.3) is 5.91 Å². The van der Waals surface area contributed by atoms with Gasteiger partial charge in [-0.25, -0.2) is 4.98 Å². The number of hydrogen-bond acceptors (Lipinski definition) is 2. The number of pyridine rings is 1. The van der Waals surface area contributed by atoms with Crippen molar-refractivity contribution in [2.75, 3.05) is 7.05 Å². The predicted molar refractivity (Wildman–Crippen MR) is 80.5 cm³/mol. The lowest BCUT2D eigenvalue weighted by molar-refractivity contribution is 0.0672. The van der Waals surface area contributed by atoms with Crippen molar-refractivity contribution in [2.24, 2.45) is 5.92 Å². The molecule has 1 heterocycles. The van der Waals surface area contributed by atoms with Crippen molar-refractivity contribution in [3.63, 3.8) is 0 Å². The molecule has 0 bridgehead atoms. The highest BCUT2D eigenvalue weighted by Gasteiger charge is 2.27. The number of rotatable bonds is 2. The molecular formula is C14H18BrClN2O. The average molecular weight is 346 g/mol. The molecule has 19 heavy (non-hydrogen) atoms. The second-order valence-corrected chi connectivity index (χ2v) is 6.61. The molecule has 0 aliphatic heterocycles. The molecule has 0 radical (unpaired) electrons.